The molecule has 6 nitrogen and oxygen atoms in total. The number of fused-ring (bicyclic) bond motifs is 1. The zero-order chi connectivity index (χ0) is 18.0. The number of aryl methyl sites for hydroxylation is 2. The van der Waals surface area contributed by atoms with Gasteiger partial charge in [0.25, 0.3) is 0 Å². The molecule has 0 spiro atoms. The molecule has 1 aliphatic heterocycles. The van der Waals surface area contributed by atoms with Gasteiger partial charge in [0.05, 0.1) is 5.39 Å². The number of hydrogen-bond donors (Lipinski definition) is 2. The standard InChI is InChI=1S/C18H27N5OS.ClH/c1-11(19)4-7-20-17(24)14-5-8-23(9-6-14)16-15-12(2)13(3)25-18(15)22-10-21-16;/h10-11,14H,4-9,19H2,1-3H3,(H,20,24);1H. The number of piperidine rings is 1. The first-order valence-corrected chi connectivity index (χ1v) is 9.78. The van der Waals surface area contributed by atoms with Crippen LogP contribution in [0.25, 0.3) is 10.2 Å². The molecular weight excluding hydrogens is 370 g/mol. The molecule has 1 amide bonds. The smallest absolute Gasteiger partial charge is 0.223 e. The molecular formula is C18H28ClN5OS. The Hall–Kier alpha value is -1.44. The van der Waals surface area contributed by atoms with E-state index in [2.05, 4.69) is 34.0 Å². The van der Waals surface area contributed by atoms with E-state index in [9.17, 15) is 4.79 Å². The van der Waals surface area contributed by atoms with Crippen LogP contribution >= 0.6 is 23.7 Å². The minimum Gasteiger partial charge on any atom is -0.356 e. The molecule has 1 saturated heterocycles. The Kier molecular flexibility index (Phi) is 7.20. The fraction of sp³-hybridized carbons (Fsp3) is 0.611. The van der Waals surface area contributed by atoms with Gasteiger partial charge in [0.2, 0.25) is 5.91 Å². The lowest BCUT2D eigenvalue weighted by Gasteiger charge is -2.32. The van der Waals surface area contributed by atoms with Crippen LogP contribution in [0.5, 0.6) is 0 Å². The van der Waals surface area contributed by atoms with Gasteiger partial charge in [-0.05, 0) is 45.6 Å². The largest absolute Gasteiger partial charge is 0.356 e. The van der Waals surface area contributed by atoms with E-state index in [4.69, 9.17) is 5.73 Å². The number of amides is 1. The van der Waals surface area contributed by atoms with Crippen LogP contribution in [0, 0.1) is 19.8 Å². The maximum atomic E-state index is 12.3. The second kappa shape index (κ2) is 8.97. The fourth-order valence-electron chi connectivity index (χ4n) is 3.32. The minimum atomic E-state index is 0. The molecule has 3 rings (SSSR count). The summed E-state index contributed by atoms with van der Waals surface area (Å²) in [6.07, 6.45) is 4.19. The predicted molar refractivity (Wildman–Crippen MR) is 110 cm³/mol. The lowest BCUT2D eigenvalue weighted by molar-refractivity contribution is -0.125. The van der Waals surface area contributed by atoms with Crippen LogP contribution in [0.15, 0.2) is 6.33 Å². The van der Waals surface area contributed by atoms with Crippen molar-refractivity contribution in [2.75, 3.05) is 24.5 Å². The van der Waals surface area contributed by atoms with Crippen molar-refractivity contribution in [3.8, 4) is 0 Å². The van der Waals surface area contributed by atoms with E-state index in [1.54, 1.807) is 17.7 Å². The quantitative estimate of drug-likeness (QED) is 0.810. The summed E-state index contributed by atoms with van der Waals surface area (Å²) in [7, 11) is 0. The Morgan fingerprint density at radius 3 is 2.73 bits per heavy atom. The Balaban J connectivity index is 0.00000243. The van der Waals surface area contributed by atoms with Crippen molar-refractivity contribution < 1.29 is 4.79 Å². The van der Waals surface area contributed by atoms with Gasteiger partial charge in [0, 0.05) is 36.5 Å². The molecule has 3 N–H and O–H groups in total. The molecule has 144 valence electrons. The normalized spacial score (nSPS) is 16.4. The number of nitrogens with two attached hydrogens (primary N) is 1. The van der Waals surface area contributed by atoms with Crippen molar-refractivity contribution in [1.82, 2.24) is 15.3 Å². The van der Waals surface area contributed by atoms with E-state index in [1.807, 2.05) is 6.92 Å². The maximum absolute atomic E-state index is 12.3. The zero-order valence-corrected chi connectivity index (χ0v) is 17.3. The zero-order valence-electron chi connectivity index (χ0n) is 15.6. The number of aromatic nitrogens is 2. The third kappa shape index (κ3) is 4.45. The fourth-order valence-corrected chi connectivity index (χ4v) is 4.32. The molecule has 1 fully saturated rings. The third-order valence-electron chi connectivity index (χ3n) is 5.01. The lowest BCUT2D eigenvalue weighted by atomic mass is 9.95. The summed E-state index contributed by atoms with van der Waals surface area (Å²) in [5, 5.41) is 4.19. The number of hydrogen-bond acceptors (Lipinski definition) is 6. The Labute approximate surface area is 165 Å². The molecule has 0 bridgehead atoms. The minimum absolute atomic E-state index is 0. The van der Waals surface area contributed by atoms with Gasteiger partial charge in [-0.1, -0.05) is 0 Å². The lowest BCUT2D eigenvalue weighted by Crippen LogP contribution is -2.41. The first kappa shape index (κ1) is 20.9. The van der Waals surface area contributed by atoms with Gasteiger partial charge in [-0.25, -0.2) is 9.97 Å². The number of anilines is 1. The highest BCUT2D eigenvalue weighted by atomic mass is 35.5. The van der Waals surface area contributed by atoms with Crippen LogP contribution in [-0.4, -0.2) is 41.6 Å². The van der Waals surface area contributed by atoms with E-state index in [0.29, 0.717) is 6.54 Å². The van der Waals surface area contributed by atoms with Gasteiger partial charge < -0.3 is 16.0 Å². The number of carbonyl (C=O) groups is 1. The van der Waals surface area contributed by atoms with E-state index in [1.165, 1.54) is 15.8 Å². The van der Waals surface area contributed by atoms with E-state index in [0.717, 1.165) is 43.0 Å². The SMILES string of the molecule is Cc1sc2ncnc(N3CCC(C(=O)NCCC(C)N)CC3)c2c1C.Cl. The van der Waals surface area contributed by atoms with Crippen molar-refractivity contribution in [2.45, 2.75) is 46.1 Å². The number of halogens is 1. The molecule has 0 aliphatic carbocycles. The van der Waals surface area contributed by atoms with Crippen LogP contribution in [0.3, 0.4) is 0 Å². The third-order valence-corrected chi connectivity index (χ3v) is 6.12. The second-order valence-electron chi connectivity index (χ2n) is 6.98. The Morgan fingerprint density at radius 1 is 1.38 bits per heavy atom. The van der Waals surface area contributed by atoms with E-state index < -0.39 is 0 Å². The van der Waals surface area contributed by atoms with Gasteiger partial charge in [0.15, 0.2) is 0 Å². The Bertz CT molecular complexity index is 755. The van der Waals surface area contributed by atoms with Gasteiger partial charge in [-0.2, -0.15) is 0 Å². The van der Waals surface area contributed by atoms with Crippen molar-refractivity contribution in [3.63, 3.8) is 0 Å². The molecule has 1 unspecified atom stereocenters. The van der Waals surface area contributed by atoms with Gasteiger partial charge in [-0.15, -0.1) is 23.7 Å². The first-order valence-electron chi connectivity index (χ1n) is 8.96. The highest BCUT2D eigenvalue weighted by Crippen LogP contribution is 2.35. The number of nitrogens with one attached hydrogen (secondary N) is 1. The summed E-state index contributed by atoms with van der Waals surface area (Å²) in [6.45, 7) is 8.60. The van der Waals surface area contributed by atoms with Crippen LogP contribution in [0.1, 0.15) is 36.6 Å². The molecule has 3 heterocycles. The summed E-state index contributed by atoms with van der Waals surface area (Å²) >= 11 is 1.72. The summed E-state index contributed by atoms with van der Waals surface area (Å²) in [5.41, 5.74) is 7.00. The van der Waals surface area contributed by atoms with Crippen molar-refractivity contribution in [1.29, 1.82) is 0 Å². The summed E-state index contributed by atoms with van der Waals surface area (Å²) < 4.78 is 0. The first-order chi connectivity index (χ1) is 12.0. The van der Waals surface area contributed by atoms with Gasteiger partial charge >= 0.3 is 0 Å². The number of carbonyl (C=O) groups excluding carboxylic acids is 1. The molecule has 0 radical (unpaired) electrons. The van der Waals surface area contributed by atoms with Gasteiger partial charge in [0.1, 0.15) is 17.0 Å². The molecule has 0 saturated carbocycles. The molecule has 8 heteroatoms. The average molecular weight is 398 g/mol. The maximum Gasteiger partial charge on any atom is 0.223 e. The topological polar surface area (TPSA) is 84.1 Å². The van der Waals surface area contributed by atoms with Crippen LogP contribution < -0.4 is 16.0 Å². The average Bonchev–Trinajstić information content (AvgIpc) is 2.89. The second-order valence-corrected chi connectivity index (χ2v) is 8.18. The molecule has 2 aromatic rings. The molecule has 2 aromatic heterocycles. The molecule has 1 aliphatic rings. The molecule has 0 aromatic carbocycles. The Morgan fingerprint density at radius 2 is 2.08 bits per heavy atom. The van der Waals surface area contributed by atoms with E-state index >= 15 is 0 Å². The van der Waals surface area contributed by atoms with Crippen LogP contribution in [0.2, 0.25) is 0 Å². The summed E-state index contributed by atoms with van der Waals surface area (Å²) in [4.78, 5) is 25.9. The molecule has 26 heavy (non-hydrogen) atoms. The summed E-state index contributed by atoms with van der Waals surface area (Å²) in [6, 6.07) is 0.125. The van der Waals surface area contributed by atoms with Gasteiger partial charge in [-0.3, -0.25) is 4.79 Å². The van der Waals surface area contributed by atoms with Crippen LogP contribution in [0.4, 0.5) is 5.82 Å². The number of rotatable bonds is 5. The predicted octanol–water partition coefficient (Wildman–Crippen LogP) is 2.80. The van der Waals surface area contributed by atoms with E-state index in [-0.39, 0.29) is 30.3 Å². The molecule has 1 atom stereocenters. The van der Waals surface area contributed by atoms with Crippen molar-refractivity contribution in [3.05, 3.63) is 16.8 Å². The number of thiophene rings is 1. The highest BCUT2D eigenvalue weighted by Gasteiger charge is 2.27. The van der Waals surface area contributed by atoms with Crippen molar-refractivity contribution in [2.24, 2.45) is 11.7 Å². The van der Waals surface area contributed by atoms with Crippen LogP contribution in [-0.2, 0) is 4.79 Å². The monoisotopic (exact) mass is 397 g/mol. The highest BCUT2D eigenvalue weighted by molar-refractivity contribution is 7.18. The summed E-state index contributed by atoms with van der Waals surface area (Å²) in [5.74, 6) is 1.27. The number of nitrogens with zero attached hydrogens (tertiary/aromatic N) is 3. The van der Waals surface area contributed by atoms with Crippen molar-refractivity contribution >= 4 is 45.7 Å².